The molecule has 0 radical (unpaired) electrons. The SMILES string of the molecule is NC(CCCNCCc1ccco1)c1ccccc1. The zero-order valence-corrected chi connectivity index (χ0v) is 11.2. The molecule has 1 unspecified atom stereocenters. The highest BCUT2D eigenvalue weighted by atomic mass is 16.3. The Bertz CT molecular complexity index is 439. The molecule has 0 aliphatic heterocycles. The summed E-state index contributed by atoms with van der Waals surface area (Å²) in [7, 11) is 0. The van der Waals surface area contributed by atoms with Crippen LogP contribution in [0.15, 0.2) is 53.1 Å². The van der Waals surface area contributed by atoms with Gasteiger partial charge in [0.2, 0.25) is 0 Å². The first kappa shape index (κ1) is 13.8. The van der Waals surface area contributed by atoms with E-state index in [4.69, 9.17) is 10.2 Å². The van der Waals surface area contributed by atoms with Gasteiger partial charge in [-0.1, -0.05) is 30.3 Å². The average molecular weight is 258 g/mol. The largest absolute Gasteiger partial charge is 0.469 e. The Hall–Kier alpha value is -1.58. The number of nitrogens with one attached hydrogen (secondary N) is 1. The monoisotopic (exact) mass is 258 g/mol. The van der Waals surface area contributed by atoms with Crippen LogP contribution in [0.5, 0.6) is 0 Å². The van der Waals surface area contributed by atoms with E-state index in [9.17, 15) is 0 Å². The highest BCUT2D eigenvalue weighted by Crippen LogP contribution is 2.14. The molecule has 2 aromatic rings. The minimum Gasteiger partial charge on any atom is -0.469 e. The van der Waals surface area contributed by atoms with E-state index in [0.29, 0.717) is 0 Å². The van der Waals surface area contributed by atoms with Gasteiger partial charge in [0.1, 0.15) is 5.76 Å². The molecule has 1 atom stereocenters. The summed E-state index contributed by atoms with van der Waals surface area (Å²) in [5.74, 6) is 1.04. The van der Waals surface area contributed by atoms with Crippen LogP contribution >= 0.6 is 0 Å². The van der Waals surface area contributed by atoms with Crippen LogP contribution in [-0.2, 0) is 6.42 Å². The van der Waals surface area contributed by atoms with Gasteiger partial charge in [-0.15, -0.1) is 0 Å². The normalized spacial score (nSPS) is 12.5. The van der Waals surface area contributed by atoms with Crippen LogP contribution in [0.25, 0.3) is 0 Å². The first-order valence-electron chi connectivity index (χ1n) is 6.90. The van der Waals surface area contributed by atoms with Crippen molar-refractivity contribution >= 4 is 0 Å². The highest BCUT2D eigenvalue weighted by molar-refractivity contribution is 5.18. The number of furan rings is 1. The summed E-state index contributed by atoms with van der Waals surface area (Å²) in [6.07, 6.45) is 4.76. The van der Waals surface area contributed by atoms with Crippen molar-refractivity contribution in [2.75, 3.05) is 13.1 Å². The molecule has 0 spiro atoms. The van der Waals surface area contributed by atoms with Gasteiger partial charge >= 0.3 is 0 Å². The first-order valence-corrected chi connectivity index (χ1v) is 6.90. The lowest BCUT2D eigenvalue weighted by Crippen LogP contribution is -2.20. The molecule has 0 saturated heterocycles. The number of hydrogen-bond acceptors (Lipinski definition) is 3. The van der Waals surface area contributed by atoms with Gasteiger partial charge in [0.15, 0.2) is 0 Å². The van der Waals surface area contributed by atoms with Crippen molar-refractivity contribution in [2.24, 2.45) is 5.73 Å². The van der Waals surface area contributed by atoms with Crippen LogP contribution in [0.4, 0.5) is 0 Å². The summed E-state index contributed by atoms with van der Waals surface area (Å²) < 4.78 is 5.28. The molecule has 0 amide bonds. The zero-order chi connectivity index (χ0) is 13.3. The Morgan fingerprint density at radius 2 is 1.89 bits per heavy atom. The Morgan fingerprint density at radius 1 is 1.05 bits per heavy atom. The minimum absolute atomic E-state index is 0.146. The van der Waals surface area contributed by atoms with E-state index in [2.05, 4.69) is 17.4 Å². The summed E-state index contributed by atoms with van der Waals surface area (Å²) in [6, 6.07) is 14.4. The van der Waals surface area contributed by atoms with E-state index in [-0.39, 0.29) is 6.04 Å². The second kappa shape index (κ2) is 7.77. The third kappa shape index (κ3) is 4.89. The summed E-state index contributed by atoms with van der Waals surface area (Å²) in [4.78, 5) is 0. The summed E-state index contributed by atoms with van der Waals surface area (Å²) >= 11 is 0. The maximum atomic E-state index is 6.14. The van der Waals surface area contributed by atoms with Crippen LogP contribution < -0.4 is 11.1 Å². The topological polar surface area (TPSA) is 51.2 Å². The molecule has 1 heterocycles. The lowest BCUT2D eigenvalue weighted by atomic mass is 10.0. The average Bonchev–Trinajstić information content (AvgIpc) is 2.96. The van der Waals surface area contributed by atoms with Gasteiger partial charge in [0, 0.05) is 19.0 Å². The third-order valence-corrected chi connectivity index (χ3v) is 3.22. The molecule has 3 N–H and O–H groups in total. The molecule has 1 aromatic carbocycles. The van der Waals surface area contributed by atoms with Crippen molar-refractivity contribution in [3.63, 3.8) is 0 Å². The van der Waals surface area contributed by atoms with Gasteiger partial charge < -0.3 is 15.5 Å². The standard InChI is InChI=1S/C16H22N2O/c17-16(14-6-2-1-3-7-14)9-4-11-18-12-10-15-8-5-13-19-15/h1-3,5-8,13,16,18H,4,9-12,17H2. The lowest BCUT2D eigenvalue weighted by Gasteiger charge is -2.11. The summed E-state index contributed by atoms with van der Waals surface area (Å²) in [5.41, 5.74) is 7.36. The molecule has 3 nitrogen and oxygen atoms in total. The Kier molecular flexibility index (Phi) is 5.66. The van der Waals surface area contributed by atoms with Gasteiger partial charge in [0.25, 0.3) is 0 Å². The van der Waals surface area contributed by atoms with Crippen LogP contribution in [0.3, 0.4) is 0 Å². The molecule has 0 aliphatic rings. The lowest BCUT2D eigenvalue weighted by molar-refractivity contribution is 0.493. The quantitative estimate of drug-likeness (QED) is 0.716. The fraction of sp³-hybridized carbons (Fsp3) is 0.375. The van der Waals surface area contributed by atoms with Crippen molar-refractivity contribution < 1.29 is 4.42 Å². The Morgan fingerprint density at radius 3 is 2.63 bits per heavy atom. The smallest absolute Gasteiger partial charge is 0.105 e. The van der Waals surface area contributed by atoms with Crippen LogP contribution in [0, 0.1) is 0 Å². The second-order valence-electron chi connectivity index (χ2n) is 4.74. The van der Waals surface area contributed by atoms with E-state index >= 15 is 0 Å². The summed E-state index contributed by atoms with van der Waals surface area (Å²) in [6.45, 7) is 1.95. The van der Waals surface area contributed by atoms with E-state index in [1.54, 1.807) is 6.26 Å². The zero-order valence-electron chi connectivity index (χ0n) is 11.2. The molecule has 102 valence electrons. The molecular formula is C16H22N2O. The number of nitrogens with two attached hydrogens (primary N) is 1. The van der Waals surface area contributed by atoms with E-state index in [1.807, 2.05) is 30.3 Å². The summed E-state index contributed by atoms with van der Waals surface area (Å²) in [5, 5.41) is 3.41. The second-order valence-corrected chi connectivity index (χ2v) is 4.74. The fourth-order valence-corrected chi connectivity index (χ4v) is 2.11. The minimum atomic E-state index is 0.146. The molecule has 0 fully saturated rings. The van der Waals surface area contributed by atoms with Gasteiger partial charge in [-0.25, -0.2) is 0 Å². The van der Waals surface area contributed by atoms with Gasteiger partial charge in [0.05, 0.1) is 6.26 Å². The molecule has 1 aromatic heterocycles. The van der Waals surface area contributed by atoms with E-state index in [1.165, 1.54) is 5.56 Å². The van der Waals surface area contributed by atoms with Crippen molar-refractivity contribution in [3.8, 4) is 0 Å². The van der Waals surface area contributed by atoms with E-state index < -0.39 is 0 Å². The van der Waals surface area contributed by atoms with Crippen LogP contribution in [-0.4, -0.2) is 13.1 Å². The molecule has 0 bridgehead atoms. The molecular weight excluding hydrogens is 236 g/mol. The van der Waals surface area contributed by atoms with Gasteiger partial charge in [-0.3, -0.25) is 0 Å². The van der Waals surface area contributed by atoms with Crippen LogP contribution in [0.2, 0.25) is 0 Å². The molecule has 19 heavy (non-hydrogen) atoms. The van der Waals surface area contributed by atoms with Crippen molar-refractivity contribution in [2.45, 2.75) is 25.3 Å². The predicted molar refractivity (Wildman–Crippen MR) is 77.9 cm³/mol. The van der Waals surface area contributed by atoms with Crippen molar-refractivity contribution in [1.82, 2.24) is 5.32 Å². The van der Waals surface area contributed by atoms with Crippen molar-refractivity contribution in [1.29, 1.82) is 0 Å². The Balaban J connectivity index is 1.54. The number of rotatable bonds is 8. The van der Waals surface area contributed by atoms with Crippen LogP contribution in [0.1, 0.15) is 30.2 Å². The third-order valence-electron chi connectivity index (χ3n) is 3.22. The molecule has 2 rings (SSSR count). The maximum Gasteiger partial charge on any atom is 0.105 e. The highest BCUT2D eigenvalue weighted by Gasteiger charge is 2.04. The van der Waals surface area contributed by atoms with E-state index in [0.717, 1.165) is 38.1 Å². The molecule has 0 saturated carbocycles. The predicted octanol–water partition coefficient (Wildman–Crippen LogP) is 2.89. The first-order chi connectivity index (χ1) is 9.36. The van der Waals surface area contributed by atoms with Gasteiger partial charge in [-0.2, -0.15) is 0 Å². The maximum absolute atomic E-state index is 6.14. The molecule has 3 heteroatoms. The van der Waals surface area contributed by atoms with Gasteiger partial charge in [-0.05, 0) is 37.1 Å². The number of benzene rings is 1. The molecule has 0 aliphatic carbocycles. The van der Waals surface area contributed by atoms with Crippen molar-refractivity contribution in [3.05, 3.63) is 60.1 Å². The fourth-order valence-electron chi connectivity index (χ4n) is 2.11. The Labute approximate surface area is 114 Å². The number of hydrogen-bond donors (Lipinski definition) is 2.